The van der Waals surface area contributed by atoms with Crippen LogP contribution in [0.5, 0.6) is 0 Å². The number of benzene rings is 2. The Morgan fingerprint density at radius 2 is 1.87 bits per heavy atom. The third-order valence-electron chi connectivity index (χ3n) is 11.7. The lowest BCUT2D eigenvalue weighted by Crippen LogP contribution is -2.58. The molecule has 2 aliphatic heterocycles. The summed E-state index contributed by atoms with van der Waals surface area (Å²) in [5.41, 5.74) is 2.65. The second-order valence-corrected chi connectivity index (χ2v) is 15.7. The van der Waals surface area contributed by atoms with Crippen LogP contribution in [0.2, 0.25) is 10.0 Å². The van der Waals surface area contributed by atoms with Crippen LogP contribution in [-0.4, -0.2) is 75.6 Å². The number of piperidine rings is 1. The van der Waals surface area contributed by atoms with Crippen LogP contribution in [0.15, 0.2) is 46.2 Å². The summed E-state index contributed by atoms with van der Waals surface area (Å²) in [5, 5.41) is 25.1. The van der Waals surface area contributed by atoms with Crippen LogP contribution >= 0.6 is 23.2 Å². The number of aliphatic hydroxyl groups excluding tert-OH is 2. The van der Waals surface area contributed by atoms with E-state index in [1.807, 2.05) is 30.3 Å². The van der Waals surface area contributed by atoms with Crippen LogP contribution < -0.4 is 15.8 Å². The highest BCUT2D eigenvalue weighted by Crippen LogP contribution is 2.61. The number of nitrogens with zero attached hydrogens (tertiary/aromatic N) is 5. The number of β-amino-alcohol motifs (C(OH)–C–C–N with tert-alkyl or cyclic N) is 1. The Morgan fingerprint density at radius 3 is 2.53 bits per heavy atom. The second-order valence-electron chi connectivity index (χ2n) is 14.9. The van der Waals surface area contributed by atoms with Crippen molar-refractivity contribution in [3.05, 3.63) is 62.4 Å². The van der Waals surface area contributed by atoms with Gasteiger partial charge in [0.2, 0.25) is 5.95 Å². The van der Waals surface area contributed by atoms with Gasteiger partial charge in [0, 0.05) is 55.1 Å². The van der Waals surface area contributed by atoms with Gasteiger partial charge in [-0.25, -0.2) is 9.98 Å². The first-order valence-corrected chi connectivity index (χ1v) is 17.9. The van der Waals surface area contributed by atoms with E-state index in [-0.39, 0.29) is 30.2 Å². The SMILES string of the molecule is C[C@@H]1[C@@H](N=C(Nc2ccc3c(=O)n(CCc4ccc(Cl)cc4Cl)c(N4CCC(CO)CC4)nc3c2)N2CC(O)C2)C[C@@H]2C[C@H]1C2(C)C. The Balaban J connectivity index is 1.20. The van der Waals surface area contributed by atoms with Crippen molar-refractivity contribution in [2.45, 2.75) is 71.6 Å². The lowest BCUT2D eigenvalue weighted by atomic mass is 9.45. The molecule has 3 N–H and O–H groups in total. The molecular weight excluding hydrogens is 635 g/mol. The third-order valence-corrected chi connectivity index (χ3v) is 12.3. The number of likely N-dealkylation sites (tertiary alicyclic amines) is 1. The summed E-state index contributed by atoms with van der Waals surface area (Å²) in [7, 11) is 0. The first kappa shape index (κ1) is 32.7. The molecule has 252 valence electrons. The van der Waals surface area contributed by atoms with E-state index in [2.05, 4.69) is 35.9 Å². The first-order chi connectivity index (χ1) is 22.5. The summed E-state index contributed by atoms with van der Waals surface area (Å²) in [4.78, 5) is 28.8. The maximum absolute atomic E-state index is 14.1. The van der Waals surface area contributed by atoms with Crippen LogP contribution in [-0.2, 0) is 13.0 Å². The maximum Gasteiger partial charge on any atom is 0.262 e. The predicted molar refractivity (Wildman–Crippen MR) is 190 cm³/mol. The van der Waals surface area contributed by atoms with Crippen molar-refractivity contribution < 1.29 is 10.2 Å². The molecule has 0 spiro atoms. The number of anilines is 2. The van der Waals surface area contributed by atoms with Crippen LogP contribution in [0.3, 0.4) is 0 Å². The number of rotatable bonds is 7. The van der Waals surface area contributed by atoms with E-state index in [0.717, 1.165) is 49.6 Å². The van der Waals surface area contributed by atoms with Crippen molar-refractivity contribution in [1.29, 1.82) is 0 Å². The molecule has 0 radical (unpaired) electrons. The first-order valence-electron chi connectivity index (χ1n) is 17.1. The highest BCUT2D eigenvalue weighted by Gasteiger charge is 2.56. The molecule has 5 fully saturated rings. The third kappa shape index (κ3) is 6.25. The standard InChI is InChI=1S/C36H46Cl2N6O3/c1-21-29-14-24(36(29,2)3)15-31(21)40-34(43-18-27(46)19-43)39-26-6-7-28-32(17-26)41-35(42-11-8-22(20-45)9-12-42)44(33(28)47)13-10-23-4-5-25(37)16-30(23)38/h4-7,16-17,21-22,24,27,29,31,45-46H,8-15,18-20H2,1-3H3,(H,39,40)/t21-,24-,29+,31-/m0/s1. The number of fused-ring (bicyclic) bond motifs is 3. The molecule has 0 amide bonds. The van der Waals surface area contributed by atoms with Crippen molar-refractivity contribution in [2.24, 2.45) is 34.1 Å². The van der Waals surface area contributed by atoms with E-state index in [0.29, 0.717) is 76.1 Å². The summed E-state index contributed by atoms with van der Waals surface area (Å²) < 4.78 is 1.77. The topological polar surface area (TPSA) is 106 Å². The Morgan fingerprint density at radius 1 is 1.11 bits per heavy atom. The van der Waals surface area contributed by atoms with Crippen LogP contribution in [0.1, 0.15) is 52.0 Å². The van der Waals surface area contributed by atoms with Gasteiger partial charge in [-0.05, 0) is 97.1 Å². The number of aliphatic hydroxyl groups is 2. The van der Waals surface area contributed by atoms with Gasteiger partial charge in [-0.15, -0.1) is 0 Å². The number of nitrogens with one attached hydrogen (secondary N) is 1. The number of aliphatic imine (C=N–C) groups is 1. The Bertz CT molecular complexity index is 1730. The lowest BCUT2D eigenvalue weighted by Gasteiger charge is -2.61. The van der Waals surface area contributed by atoms with E-state index in [9.17, 15) is 15.0 Å². The summed E-state index contributed by atoms with van der Waals surface area (Å²) in [6.45, 7) is 10.3. The minimum absolute atomic E-state index is 0.0939. The minimum Gasteiger partial charge on any atom is -0.396 e. The fourth-order valence-electron chi connectivity index (χ4n) is 8.40. The van der Waals surface area contributed by atoms with Gasteiger partial charge in [-0.1, -0.05) is 50.0 Å². The van der Waals surface area contributed by atoms with E-state index in [4.69, 9.17) is 33.2 Å². The van der Waals surface area contributed by atoms with E-state index in [1.54, 1.807) is 10.6 Å². The molecule has 2 saturated heterocycles. The van der Waals surface area contributed by atoms with E-state index >= 15 is 0 Å². The molecule has 3 aromatic rings. The molecule has 4 atom stereocenters. The van der Waals surface area contributed by atoms with Crippen molar-refractivity contribution in [2.75, 3.05) is 43.0 Å². The van der Waals surface area contributed by atoms with Crippen molar-refractivity contribution >= 4 is 51.7 Å². The largest absolute Gasteiger partial charge is 0.396 e. The molecule has 47 heavy (non-hydrogen) atoms. The smallest absolute Gasteiger partial charge is 0.262 e. The zero-order valence-electron chi connectivity index (χ0n) is 27.5. The van der Waals surface area contributed by atoms with Gasteiger partial charge in [0.05, 0.1) is 23.0 Å². The van der Waals surface area contributed by atoms with E-state index in [1.165, 1.54) is 6.42 Å². The zero-order valence-corrected chi connectivity index (χ0v) is 29.0. The highest BCUT2D eigenvalue weighted by atomic mass is 35.5. The number of hydrogen-bond acceptors (Lipinski definition) is 6. The number of halogens is 2. The summed E-state index contributed by atoms with van der Waals surface area (Å²) in [6.07, 6.45) is 4.27. The fraction of sp³-hybridized carbons (Fsp3) is 0.583. The molecule has 5 aliphatic rings. The van der Waals surface area contributed by atoms with Crippen LogP contribution in [0.25, 0.3) is 10.9 Å². The van der Waals surface area contributed by atoms with Gasteiger partial charge in [0.15, 0.2) is 5.96 Å². The summed E-state index contributed by atoms with van der Waals surface area (Å²) >= 11 is 12.6. The van der Waals surface area contributed by atoms with Crippen molar-refractivity contribution in [1.82, 2.24) is 14.5 Å². The summed E-state index contributed by atoms with van der Waals surface area (Å²) in [6, 6.07) is 11.4. The quantitative estimate of drug-likeness (QED) is 0.218. The Labute approximate surface area is 286 Å². The monoisotopic (exact) mass is 680 g/mol. The molecule has 8 rings (SSSR count). The Hall–Kier alpha value is -2.85. The van der Waals surface area contributed by atoms with Crippen molar-refractivity contribution in [3.8, 4) is 0 Å². The number of aromatic nitrogens is 2. The molecule has 2 bridgehead atoms. The highest BCUT2D eigenvalue weighted by molar-refractivity contribution is 6.35. The van der Waals surface area contributed by atoms with Crippen LogP contribution in [0.4, 0.5) is 11.6 Å². The average Bonchev–Trinajstić information content (AvgIpc) is 3.03. The van der Waals surface area contributed by atoms with Crippen LogP contribution in [0, 0.1) is 29.1 Å². The van der Waals surface area contributed by atoms with Gasteiger partial charge in [-0.2, -0.15) is 0 Å². The average molecular weight is 682 g/mol. The molecule has 11 heteroatoms. The molecule has 2 aromatic carbocycles. The van der Waals surface area contributed by atoms with Gasteiger partial charge in [0.25, 0.3) is 5.56 Å². The molecular formula is C36H46Cl2N6O3. The van der Waals surface area contributed by atoms with Gasteiger partial charge in [-0.3, -0.25) is 9.36 Å². The number of guanidine groups is 1. The molecule has 0 unspecified atom stereocenters. The minimum atomic E-state index is -0.352. The Kier molecular flexibility index (Phi) is 8.96. The zero-order chi connectivity index (χ0) is 33.0. The van der Waals surface area contributed by atoms with Gasteiger partial charge < -0.3 is 25.3 Å². The fourth-order valence-corrected chi connectivity index (χ4v) is 8.91. The number of aryl methyl sites for hydroxylation is 1. The summed E-state index contributed by atoms with van der Waals surface area (Å²) in [5.74, 6) is 3.56. The maximum atomic E-state index is 14.1. The second kappa shape index (κ2) is 12.9. The normalized spacial score (nSPS) is 26.3. The lowest BCUT2D eigenvalue weighted by molar-refractivity contribution is -0.108. The molecule has 3 heterocycles. The van der Waals surface area contributed by atoms with Gasteiger partial charge in [0.1, 0.15) is 0 Å². The molecule has 1 aromatic heterocycles. The van der Waals surface area contributed by atoms with Crippen molar-refractivity contribution in [3.63, 3.8) is 0 Å². The van der Waals surface area contributed by atoms with Gasteiger partial charge >= 0.3 is 0 Å². The molecule has 9 nitrogen and oxygen atoms in total. The predicted octanol–water partition coefficient (Wildman–Crippen LogP) is 5.67. The molecule has 3 saturated carbocycles. The molecule has 3 aliphatic carbocycles. The van der Waals surface area contributed by atoms with E-state index < -0.39 is 0 Å². The number of hydrogen-bond donors (Lipinski definition) is 3.